The van der Waals surface area contributed by atoms with E-state index in [1.54, 1.807) is 18.5 Å². The molecule has 0 saturated carbocycles. The molecule has 0 aliphatic carbocycles. The van der Waals surface area contributed by atoms with Crippen molar-refractivity contribution >= 4 is 5.69 Å². The number of benzene rings is 3. The molecule has 5 nitrogen and oxygen atoms in total. The first-order chi connectivity index (χ1) is 17.7. The predicted octanol–water partition coefficient (Wildman–Crippen LogP) is 7.06. The van der Waals surface area contributed by atoms with Crippen LogP contribution >= 0.6 is 0 Å². The number of nitrogens with zero attached hydrogens (tertiary/aromatic N) is 5. The first-order valence-corrected chi connectivity index (χ1v) is 10.9. The molecule has 0 aliphatic heterocycles. The van der Waals surface area contributed by atoms with E-state index in [9.17, 15) is 5.26 Å². The quantitative estimate of drug-likeness (QED) is 0.196. The molecular weight excluding hydrogens is 635 g/mol. The van der Waals surface area contributed by atoms with Crippen LogP contribution in [0.5, 0.6) is 0 Å². The first kappa shape index (κ1) is 26.7. The normalized spacial score (nSPS) is 9.32. The van der Waals surface area contributed by atoms with Crippen molar-refractivity contribution < 1.29 is 20.1 Å². The average molecular weight is 652 g/mol. The zero-order valence-corrected chi connectivity index (χ0v) is 21.8. The minimum absolute atomic E-state index is 0. The van der Waals surface area contributed by atoms with Gasteiger partial charge in [0.1, 0.15) is 5.69 Å². The fourth-order valence-electron chi connectivity index (χ4n) is 3.46. The van der Waals surface area contributed by atoms with Gasteiger partial charge in [0, 0.05) is 49.8 Å². The molecule has 0 bridgehead atoms. The van der Waals surface area contributed by atoms with Gasteiger partial charge in [-0.15, -0.1) is 53.6 Å². The van der Waals surface area contributed by atoms with Gasteiger partial charge in [-0.25, -0.2) is 10.5 Å². The summed E-state index contributed by atoms with van der Waals surface area (Å²) in [5.74, 6) is 0. The van der Waals surface area contributed by atoms with Crippen LogP contribution in [0.2, 0.25) is 0 Å². The Balaban J connectivity index is 0.000000246. The van der Waals surface area contributed by atoms with Gasteiger partial charge in [-0.2, -0.15) is 0 Å². The van der Waals surface area contributed by atoms with Crippen LogP contribution < -0.4 is 0 Å². The van der Waals surface area contributed by atoms with E-state index < -0.39 is 0 Å². The number of rotatable bonds is 3. The van der Waals surface area contributed by atoms with E-state index in [2.05, 4.69) is 26.9 Å². The molecule has 2 aromatic heterocycles. The minimum Gasteiger partial charge on any atom is -0.305 e. The van der Waals surface area contributed by atoms with Gasteiger partial charge < -0.3 is 4.98 Å². The summed E-state index contributed by atoms with van der Waals surface area (Å²) in [6, 6.07) is 38.7. The van der Waals surface area contributed by atoms with Crippen molar-refractivity contribution in [1.29, 1.82) is 10.5 Å². The van der Waals surface area contributed by atoms with E-state index in [4.69, 9.17) is 11.8 Å². The van der Waals surface area contributed by atoms with Crippen molar-refractivity contribution in [3.8, 4) is 45.8 Å². The van der Waals surface area contributed by atoms with Gasteiger partial charge in [0.25, 0.3) is 0 Å². The monoisotopic (exact) mass is 652 g/mol. The molecule has 0 N–H and O–H groups in total. The fraction of sp³-hybridized carbons (Fsp3) is 0. The van der Waals surface area contributed by atoms with Crippen LogP contribution in [0.1, 0.15) is 11.1 Å². The van der Waals surface area contributed by atoms with Crippen LogP contribution in [0, 0.1) is 41.4 Å². The summed E-state index contributed by atoms with van der Waals surface area (Å²) in [4.78, 5) is 11.9. The van der Waals surface area contributed by atoms with E-state index in [0.29, 0.717) is 11.3 Å². The van der Waals surface area contributed by atoms with Crippen molar-refractivity contribution in [2.75, 3.05) is 0 Å². The maximum absolute atomic E-state index is 9.22. The fourth-order valence-corrected chi connectivity index (χ4v) is 3.46. The molecule has 0 spiro atoms. The Bertz CT molecular complexity index is 1530. The molecule has 5 rings (SSSR count). The molecule has 5 aromatic rings. The summed E-state index contributed by atoms with van der Waals surface area (Å²) in [6.07, 6.45) is 3.46. The zero-order chi connectivity index (χ0) is 25.2. The Labute approximate surface area is 229 Å². The zero-order valence-electron chi connectivity index (χ0n) is 19.4. The van der Waals surface area contributed by atoms with Crippen molar-refractivity contribution in [1.82, 2.24) is 9.97 Å². The summed E-state index contributed by atoms with van der Waals surface area (Å²) in [5.41, 5.74) is 5.40. The van der Waals surface area contributed by atoms with E-state index in [1.807, 2.05) is 97.1 Å². The van der Waals surface area contributed by atoms with Gasteiger partial charge in [-0.1, -0.05) is 48.5 Å². The van der Waals surface area contributed by atoms with Crippen molar-refractivity contribution in [2.45, 2.75) is 0 Å². The Kier molecular flexibility index (Phi) is 9.55. The van der Waals surface area contributed by atoms with Crippen LogP contribution in [0.15, 0.2) is 103 Å². The molecule has 0 unspecified atom stereocenters. The predicted molar refractivity (Wildman–Crippen MR) is 138 cm³/mol. The largest absolute Gasteiger partial charge is 0.305 e. The second-order valence-electron chi connectivity index (χ2n) is 7.44. The van der Waals surface area contributed by atoms with Crippen molar-refractivity contribution in [3.05, 3.63) is 138 Å². The van der Waals surface area contributed by atoms with Gasteiger partial charge in [0.15, 0.2) is 0 Å². The van der Waals surface area contributed by atoms with Crippen LogP contribution in [0.25, 0.3) is 38.5 Å². The topological polar surface area (TPSA) is 77.7 Å². The SMILES string of the molecule is [C-]#[N+]c1cc(-c2cc(-c3ccccc3)ccn2)[c-]c(C#N)c1C#N.[Ir].[c-]1ccccc1-c1ccccn1. The van der Waals surface area contributed by atoms with E-state index >= 15 is 0 Å². The Morgan fingerprint density at radius 2 is 1.49 bits per heavy atom. The van der Waals surface area contributed by atoms with E-state index in [1.165, 1.54) is 0 Å². The molecule has 1 radical (unpaired) electrons. The Morgan fingerprint density at radius 3 is 2.14 bits per heavy atom. The van der Waals surface area contributed by atoms with Gasteiger partial charge in [-0.3, -0.25) is 9.83 Å². The molecule has 2 heterocycles. The van der Waals surface area contributed by atoms with E-state index in [-0.39, 0.29) is 36.9 Å². The summed E-state index contributed by atoms with van der Waals surface area (Å²) < 4.78 is 0. The molecule has 0 atom stereocenters. The number of hydrogen-bond donors (Lipinski definition) is 0. The third kappa shape index (κ3) is 6.60. The number of nitriles is 2. The summed E-state index contributed by atoms with van der Waals surface area (Å²) >= 11 is 0. The second kappa shape index (κ2) is 13.2. The maximum atomic E-state index is 9.22. The van der Waals surface area contributed by atoms with Gasteiger partial charge >= 0.3 is 0 Å². The number of aromatic nitrogens is 2. The van der Waals surface area contributed by atoms with E-state index in [0.717, 1.165) is 22.4 Å². The Hall–Kier alpha value is -4.92. The van der Waals surface area contributed by atoms with Crippen LogP contribution in [-0.4, -0.2) is 9.97 Å². The average Bonchev–Trinajstić information content (AvgIpc) is 2.98. The molecule has 0 fully saturated rings. The molecule has 0 aliphatic rings. The smallest absolute Gasteiger partial charge is 0.142 e. The third-order valence-corrected chi connectivity index (χ3v) is 5.18. The first-order valence-electron chi connectivity index (χ1n) is 10.9. The third-order valence-electron chi connectivity index (χ3n) is 5.18. The molecule has 6 heteroatoms. The molecule has 0 amide bonds. The van der Waals surface area contributed by atoms with Gasteiger partial charge in [-0.05, 0) is 40.6 Å². The van der Waals surface area contributed by atoms with Gasteiger partial charge in [0.2, 0.25) is 0 Å². The molecular formula is C31H17IrN5-2. The summed E-state index contributed by atoms with van der Waals surface area (Å²) in [7, 11) is 0. The number of pyridine rings is 2. The van der Waals surface area contributed by atoms with Gasteiger partial charge in [0.05, 0.1) is 6.57 Å². The van der Waals surface area contributed by atoms with Crippen molar-refractivity contribution in [3.63, 3.8) is 0 Å². The molecule has 37 heavy (non-hydrogen) atoms. The van der Waals surface area contributed by atoms with Crippen molar-refractivity contribution in [2.24, 2.45) is 0 Å². The number of hydrogen-bond acceptors (Lipinski definition) is 4. The van der Waals surface area contributed by atoms with Crippen LogP contribution in [0.3, 0.4) is 0 Å². The second-order valence-corrected chi connectivity index (χ2v) is 7.44. The van der Waals surface area contributed by atoms with Crippen LogP contribution in [0.4, 0.5) is 5.69 Å². The molecule has 3 aromatic carbocycles. The summed E-state index contributed by atoms with van der Waals surface area (Å²) in [5, 5.41) is 18.4. The standard InChI is InChI=1S/C20H9N4.C11H8N.Ir/c1-23-20-11-16(9-17(12-21)18(20)13-22)19-10-15(7-8-24-19)14-5-3-2-4-6-14;1-2-6-10(7-3-1)11-8-4-5-9-12-11;/h2-8,10-11H;1-6,8-9H;/q2*-1;. The molecule has 0 saturated heterocycles. The summed E-state index contributed by atoms with van der Waals surface area (Å²) in [6.45, 7) is 7.23. The van der Waals surface area contributed by atoms with Crippen LogP contribution in [-0.2, 0) is 20.1 Å². The minimum atomic E-state index is 0. The molecule has 177 valence electrons. The maximum Gasteiger partial charge on any atom is 0.142 e. The Morgan fingerprint density at radius 1 is 0.730 bits per heavy atom.